The Hall–Kier alpha value is -4.08. The quantitative estimate of drug-likeness (QED) is 0.360. The van der Waals surface area contributed by atoms with Crippen LogP contribution in [0.25, 0.3) is 0 Å². The number of nitrogens with zero attached hydrogens (tertiary/aromatic N) is 2. The summed E-state index contributed by atoms with van der Waals surface area (Å²) in [5.74, 6) is 0.697. The number of rotatable bonds is 9. The Morgan fingerprint density at radius 1 is 1.10 bits per heavy atom. The molecule has 0 bridgehead atoms. The van der Waals surface area contributed by atoms with Crippen LogP contribution in [0, 0.1) is 5.92 Å². The Balaban J connectivity index is 1.61. The minimum absolute atomic E-state index is 0.0505. The van der Waals surface area contributed by atoms with E-state index in [0.29, 0.717) is 41.5 Å². The van der Waals surface area contributed by atoms with Crippen molar-refractivity contribution in [3.8, 4) is 11.5 Å². The largest absolute Gasteiger partial charge is 0.497 e. The highest BCUT2D eigenvalue weighted by molar-refractivity contribution is 6.04. The van der Waals surface area contributed by atoms with E-state index in [-0.39, 0.29) is 30.6 Å². The van der Waals surface area contributed by atoms with Crippen molar-refractivity contribution in [3.05, 3.63) is 83.9 Å². The molecule has 9 heteroatoms. The molecule has 0 aromatic heterocycles. The number of aliphatic hydroxyl groups excluding tert-OH is 1. The number of likely N-dealkylation sites (N-methyl/N-ethyl adjacent to an activating group) is 1. The Labute approximate surface area is 235 Å². The van der Waals surface area contributed by atoms with Crippen LogP contribution in [0.15, 0.2) is 72.8 Å². The van der Waals surface area contributed by atoms with Gasteiger partial charge in [0.05, 0.1) is 31.0 Å². The van der Waals surface area contributed by atoms with Gasteiger partial charge in [-0.15, -0.1) is 0 Å². The van der Waals surface area contributed by atoms with Crippen molar-refractivity contribution >= 4 is 23.3 Å². The second-order valence-electron chi connectivity index (χ2n) is 10.3. The Morgan fingerprint density at radius 2 is 1.82 bits per heavy atom. The van der Waals surface area contributed by atoms with E-state index in [9.17, 15) is 14.7 Å². The van der Waals surface area contributed by atoms with Crippen molar-refractivity contribution in [2.24, 2.45) is 5.92 Å². The number of methoxy groups -OCH3 is 1. The summed E-state index contributed by atoms with van der Waals surface area (Å²) in [5, 5.41) is 15.6. The van der Waals surface area contributed by atoms with E-state index in [1.54, 1.807) is 54.5 Å². The monoisotopic (exact) mass is 546 g/mol. The summed E-state index contributed by atoms with van der Waals surface area (Å²) in [6, 6.07) is 21.5. The number of benzene rings is 3. The van der Waals surface area contributed by atoms with Crippen LogP contribution in [0.2, 0.25) is 0 Å². The van der Waals surface area contributed by atoms with Crippen LogP contribution in [0.4, 0.5) is 16.2 Å². The topological polar surface area (TPSA) is 103 Å². The maximum absolute atomic E-state index is 13.7. The third-order valence-electron chi connectivity index (χ3n) is 7.07. The van der Waals surface area contributed by atoms with E-state index in [4.69, 9.17) is 9.47 Å². The second-order valence-corrected chi connectivity index (χ2v) is 10.3. The maximum atomic E-state index is 13.7. The van der Waals surface area contributed by atoms with Gasteiger partial charge in [-0.3, -0.25) is 9.69 Å². The molecule has 0 saturated heterocycles. The number of anilines is 2. The molecule has 9 nitrogen and oxygen atoms in total. The van der Waals surface area contributed by atoms with Crippen molar-refractivity contribution in [2.75, 3.05) is 44.5 Å². The maximum Gasteiger partial charge on any atom is 0.323 e. The highest BCUT2D eigenvalue weighted by Gasteiger charge is 2.34. The first kappa shape index (κ1) is 28.9. The molecule has 0 spiro atoms. The first-order chi connectivity index (χ1) is 19.3. The lowest BCUT2D eigenvalue weighted by Crippen LogP contribution is -2.49. The minimum Gasteiger partial charge on any atom is -0.497 e. The van der Waals surface area contributed by atoms with Gasteiger partial charge in [-0.1, -0.05) is 43.3 Å². The zero-order valence-corrected chi connectivity index (χ0v) is 23.5. The van der Waals surface area contributed by atoms with Gasteiger partial charge in [-0.2, -0.15) is 0 Å². The number of urea groups is 1. The van der Waals surface area contributed by atoms with Crippen LogP contribution in [-0.4, -0.2) is 72.8 Å². The van der Waals surface area contributed by atoms with Crippen LogP contribution in [-0.2, 0) is 6.54 Å². The van der Waals surface area contributed by atoms with Gasteiger partial charge in [-0.25, -0.2) is 4.79 Å². The molecule has 3 amide bonds. The molecule has 0 saturated carbocycles. The second kappa shape index (κ2) is 13.3. The summed E-state index contributed by atoms with van der Waals surface area (Å²) in [6.07, 6.45) is -0.290. The van der Waals surface area contributed by atoms with E-state index < -0.39 is 6.03 Å². The van der Waals surface area contributed by atoms with Crippen LogP contribution >= 0.6 is 0 Å². The van der Waals surface area contributed by atoms with Gasteiger partial charge in [-0.05, 0) is 55.9 Å². The lowest BCUT2D eigenvalue weighted by atomic mass is 9.99. The molecule has 3 aromatic rings. The highest BCUT2D eigenvalue weighted by atomic mass is 16.5. The number of para-hydroxylation sites is 1. The van der Waals surface area contributed by atoms with Gasteiger partial charge in [0.25, 0.3) is 5.91 Å². The zero-order chi connectivity index (χ0) is 28.6. The SMILES string of the molecule is COc1ccc(NC(=O)Nc2cccc3c2O[C@@H](CN(C)Cc2ccccc2)[C@@H](C)CN([C@H](C)CO)C3=O)cc1. The van der Waals surface area contributed by atoms with Crippen molar-refractivity contribution in [2.45, 2.75) is 32.5 Å². The first-order valence-corrected chi connectivity index (χ1v) is 13.4. The number of hydrogen-bond acceptors (Lipinski definition) is 6. The van der Waals surface area contributed by atoms with Crippen LogP contribution in [0.1, 0.15) is 29.8 Å². The summed E-state index contributed by atoms with van der Waals surface area (Å²) in [5.41, 5.74) is 2.50. The lowest BCUT2D eigenvalue weighted by molar-refractivity contribution is 0.0343. The van der Waals surface area contributed by atoms with Crippen molar-refractivity contribution < 1.29 is 24.2 Å². The molecule has 0 fully saturated rings. The molecule has 1 heterocycles. The van der Waals surface area contributed by atoms with Gasteiger partial charge in [0, 0.05) is 31.2 Å². The summed E-state index contributed by atoms with van der Waals surface area (Å²) < 4.78 is 11.8. The molecular weight excluding hydrogens is 508 g/mol. The molecule has 0 unspecified atom stereocenters. The number of carbonyl (C=O) groups is 2. The summed E-state index contributed by atoms with van der Waals surface area (Å²) in [7, 11) is 3.62. The van der Waals surface area contributed by atoms with Gasteiger partial charge in [0.15, 0.2) is 5.75 Å². The molecular formula is C31H38N4O5. The summed E-state index contributed by atoms with van der Waals surface area (Å²) in [6.45, 7) is 5.48. The fraction of sp³-hybridized carbons (Fsp3) is 0.355. The van der Waals surface area contributed by atoms with E-state index in [0.717, 1.165) is 6.54 Å². The van der Waals surface area contributed by atoms with Crippen molar-refractivity contribution in [1.29, 1.82) is 0 Å². The van der Waals surface area contributed by atoms with Gasteiger partial charge >= 0.3 is 6.03 Å². The molecule has 212 valence electrons. The number of ether oxygens (including phenoxy) is 2. The lowest BCUT2D eigenvalue weighted by Gasteiger charge is -2.38. The van der Waals surface area contributed by atoms with E-state index in [1.165, 1.54) is 5.56 Å². The predicted molar refractivity (Wildman–Crippen MR) is 156 cm³/mol. The Morgan fingerprint density at radius 3 is 2.50 bits per heavy atom. The summed E-state index contributed by atoms with van der Waals surface area (Å²) in [4.78, 5) is 30.5. The fourth-order valence-corrected chi connectivity index (χ4v) is 4.79. The van der Waals surface area contributed by atoms with Gasteiger partial charge < -0.3 is 30.1 Å². The third-order valence-corrected chi connectivity index (χ3v) is 7.07. The van der Waals surface area contributed by atoms with Crippen LogP contribution < -0.4 is 20.1 Å². The molecule has 4 rings (SSSR count). The predicted octanol–water partition coefficient (Wildman–Crippen LogP) is 4.69. The van der Waals surface area contributed by atoms with Crippen LogP contribution in [0.3, 0.4) is 0 Å². The first-order valence-electron chi connectivity index (χ1n) is 13.4. The standard InChI is InChI=1S/C31H38N4O5/c1-21-17-35(22(2)20-36)30(37)26-11-8-12-27(33-31(38)32-24-13-15-25(39-4)16-14-24)29(26)40-28(21)19-34(3)18-23-9-6-5-7-10-23/h5-16,21-22,28,36H,17-20H2,1-4H3,(H2,32,33,38)/t21-,22+,28-/m0/s1. The molecule has 40 heavy (non-hydrogen) atoms. The van der Waals surface area contributed by atoms with E-state index in [2.05, 4.69) is 27.7 Å². The number of amides is 3. The average Bonchev–Trinajstić information content (AvgIpc) is 2.95. The number of aliphatic hydroxyl groups is 1. The molecule has 1 aliphatic heterocycles. The Kier molecular flexibility index (Phi) is 9.63. The highest BCUT2D eigenvalue weighted by Crippen LogP contribution is 2.35. The molecule has 3 N–H and O–H groups in total. The van der Waals surface area contributed by atoms with Gasteiger partial charge in [0.2, 0.25) is 0 Å². The summed E-state index contributed by atoms with van der Waals surface area (Å²) >= 11 is 0. The third kappa shape index (κ3) is 7.11. The number of nitrogens with one attached hydrogen (secondary N) is 2. The number of fused-ring (bicyclic) bond motifs is 1. The normalized spacial score (nSPS) is 17.8. The molecule has 0 radical (unpaired) electrons. The van der Waals surface area contributed by atoms with Crippen molar-refractivity contribution in [1.82, 2.24) is 9.80 Å². The van der Waals surface area contributed by atoms with Crippen molar-refractivity contribution in [3.63, 3.8) is 0 Å². The molecule has 0 aliphatic carbocycles. The molecule has 3 atom stereocenters. The molecule has 1 aliphatic rings. The minimum atomic E-state index is -0.469. The molecule has 3 aromatic carbocycles. The number of hydrogen-bond donors (Lipinski definition) is 3. The smallest absolute Gasteiger partial charge is 0.323 e. The average molecular weight is 547 g/mol. The number of carbonyl (C=O) groups excluding carboxylic acids is 2. The fourth-order valence-electron chi connectivity index (χ4n) is 4.79. The van der Waals surface area contributed by atoms with E-state index >= 15 is 0 Å². The van der Waals surface area contributed by atoms with Crippen LogP contribution in [0.5, 0.6) is 11.5 Å². The van der Waals surface area contributed by atoms with Gasteiger partial charge in [0.1, 0.15) is 11.9 Å². The Bertz CT molecular complexity index is 1280. The van der Waals surface area contributed by atoms with E-state index in [1.807, 2.05) is 39.1 Å². The zero-order valence-electron chi connectivity index (χ0n) is 23.5.